The van der Waals surface area contributed by atoms with Gasteiger partial charge in [0.15, 0.2) is 0 Å². The zero-order valence-corrected chi connectivity index (χ0v) is 22.2. The molecule has 0 saturated carbocycles. The minimum absolute atomic E-state index is 0.258. The van der Waals surface area contributed by atoms with Crippen LogP contribution < -0.4 is 5.32 Å². The monoisotopic (exact) mass is 504 g/mol. The lowest BCUT2D eigenvalue weighted by molar-refractivity contribution is -0.141. The zero-order valence-electron chi connectivity index (χ0n) is 22.2. The lowest BCUT2D eigenvalue weighted by Crippen LogP contribution is -2.37. The smallest absolute Gasteiger partial charge is 0.328 e. The van der Waals surface area contributed by atoms with Gasteiger partial charge in [-0.05, 0) is 81.7 Å². The van der Waals surface area contributed by atoms with Crippen LogP contribution in [0.25, 0.3) is 10.9 Å². The number of aryl methyl sites for hydroxylation is 3. The molecular formula is C30H40N4O3. The Morgan fingerprint density at radius 3 is 2.76 bits per heavy atom. The number of benzene rings is 1. The lowest BCUT2D eigenvalue weighted by Gasteiger charge is -2.25. The third-order valence-corrected chi connectivity index (χ3v) is 7.20. The second-order valence-corrected chi connectivity index (χ2v) is 9.79. The van der Waals surface area contributed by atoms with Crippen molar-refractivity contribution in [3.8, 4) is 0 Å². The molecule has 198 valence electrons. The van der Waals surface area contributed by atoms with E-state index in [1.54, 1.807) is 13.3 Å². The van der Waals surface area contributed by atoms with Gasteiger partial charge in [0.1, 0.15) is 6.04 Å². The molecule has 1 aliphatic rings. The molecule has 0 unspecified atom stereocenters. The summed E-state index contributed by atoms with van der Waals surface area (Å²) < 4.78 is 10.5. The van der Waals surface area contributed by atoms with Crippen LogP contribution in [0.15, 0.2) is 48.7 Å². The quantitative estimate of drug-likeness (QED) is 0.249. The van der Waals surface area contributed by atoms with Crippen molar-refractivity contribution in [1.82, 2.24) is 14.9 Å². The van der Waals surface area contributed by atoms with E-state index < -0.39 is 6.04 Å². The molecule has 1 aromatic carbocycles. The average molecular weight is 505 g/mol. The number of rotatable bonds is 14. The molecule has 37 heavy (non-hydrogen) atoms. The van der Waals surface area contributed by atoms with Crippen molar-refractivity contribution in [2.45, 2.75) is 57.4 Å². The zero-order chi connectivity index (χ0) is 25.9. The average Bonchev–Trinajstić information content (AvgIpc) is 2.95. The molecular weight excluding hydrogens is 464 g/mol. The Labute approximate surface area is 220 Å². The maximum atomic E-state index is 12.6. The molecule has 3 aromatic rings. The van der Waals surface area contributed by atoms with Crippen LogP contribution in [-0.4, -0.2) is 67.3 Å². The van der Waals surface area contributed by atoms with Gasteiger partial charge in [0.2, 0.25) is 0 Å². The number of anilines is 1. The molecule has 7 heteroatoms. The van der Waals surface area contributed by atoms with Crippen LogP contribution in [0.2, 0.25) is 0 Å². The van der Waals surface area contributed by atoms with Crippen molar-refractivity contribution < 1.29 is 14.3 Å². The fourth-order valence-corrected chi connectivity index (χ4v) is 5.08. The van der Waals surface area contributed by atoms with Gasteiger partial charge in [-0.2, -0.15) is 0 Å². The van der Waals surface area contributed by atoms with E-state index in [1.165, 1.54) is 43.3 Å². The van der Waals surface area contributed by atoms with Gasteiger partial charge in [0, 0.05) is 48.9 Å². The van der Waals surface area contributed by atoms with Gasteiger partial charge in [-0.1, -0.05) is 24.3 Å². The fraction of sp³-hybridized carbons (Fsp3) is 0.500. The number of hydrogen-bond acceptors (Lipinski definition) is 7. The molecule has 7 nitrogen and oxygen atoms in total. The first-order valence-electron chi connectivity index (χ1n) is 13.5. The highest BCUT2D eigenvalue weighted by molar-refractivity contribution is 5.92. The molecule has 1 atom stereocenters. The molecule has 1 aliphatic carbocycles. The maximum Gasteiger partial charge on any atom is 0.328 e. The predicted octanol–water partition coefficient (Wildman–Crippen LogP) is 4.82. The Bertz CT molecular complexity index is 1150. The third kappa shape index (κ3) is 7.73. The normalized spacial score (nSPS) is 13.9. The number of unbranched alkanes of at least 4 members (excludes halogenated alkanes) is 1. The maximum absolute atomic E-state index is 12.6. The number of ether oxygens (including phenoxy) is 2. The molecule has 0 amide bonds. The first-order chi connectivity index (χ1) is 18.2. The molecule has 1 N–H and O–H groups in total. The van der Waals surface area contributed by atoms with Gasteiger partial charge in [-0.3, -0.25) is 9.97 Å². The van der Waals surface area contributed by atoms with Crippen molar-refractivity contribution >= 4 is 22.6 Å². The van der Waals surface area contributed by atoms with Crippen LogP contribution in [0.4, 0.5) is 5.69 Å². The van der Waals surface area contributed by atoms with E-state index in [-0.39, 0.29) is 5.97 Å². The highest BCUT2D eigenvalue weighted by Crippen LogP contribution is 2.23. The Morgan fingerprint density at radius 2 is 1.89 bits per heavy atom. The Morgan fingerprint density at radius 1 is 1.03 bits per heavy atom. The Balaban J connectivity index is 1.31. The van der Waals surface area contributed by atoms with E-state index >= 15 is 0 Å². The van der Waals surface area contributed by atoms with E-state index in [9.17, 15) is 4.79 Å². The van der Waals surface area contributed by atoms with Crippen molar-refractivity contribution in [3.05, 3.63) is 65.6 Å². The van der Waals surface area contributed by atoms with Crippen LogP contribution >= 0.6 is 0 Å². The summed E-state index contributed by atoms with van der Waals surface area (Å²) in [5.41, 5.74) is 5.75. The molecule has 2 aromatic heterocycles. The van der Waals surface area contributed by atoms with Gasteiger partial charge >= 0.3 is 5.97 Å². The number of para-hydroxylation sites is 1. The number of carbonyl (C=O) groups excluding carboxylic acids is 1. The molecule has 0 radical (unpaired) electrons. The largest absolute Gasteiger partial charge is 0.467 e. The minimum atomic E-state index is -0.444. The van der Waals surface area contributed by atoms with Gasteiger partial charge < -0.3 is 19.7 Å². The van der Waals surface area contributed by atoms with Crippen LogP contribution in [0.1, 0.15) is 49.1 Å². The highest BCUT2D eigenvalue weighted by atomic mass is 16.5. The van der Waals surface area contributed by atoms with Crippen molar-refractivity contribution in [2.24, 2.45) is 0 Å². The summed E-state index contributed by atoms with van der Waals surface area (Å²) >= 11 is 0. The lowest BCUT2D eigenvalue weighted by atomic mass is 9.95. The minimum Gasteiger partial charge on any atom is -0.467 e. The number of fused-ring (bicyclic) bond motifs is 2. The summed E-state index contributed by atoms with van der Waals surface area (Å²) in [6.07, 6.45) is 10.4. The van der Waals surface area contributed by atoms with E-state index in [1.807, 2.05) is 30.3 Å². The van der Waals surface area contributed by atoms with E-state index in [0.29, 0.717) is 13.0 Å². The number of methoxy groups -OCH3 is 2. The summed E-state index contributed by atoms with van der Waals surface area (Å²) in [6, 6.07) is 13.9. The van der Waals surface area contributed by atoms with Crippen LogP contribution in [0.3, 0.4) is 0 Å². The summed E-state index contributed by atoms with van der Waals surface area (Å²) in [7, 11) is 3.17. The number of hydrogen-bond donors (Lipinski definition) is 1. The summed E-state index contributed by atoms with van der Waals surface area (Å²) in [5.74, 6) is -0.258. The number of nitrogens with zero attached hydrogens (tertiary/aromatic N) is 3. The van der Waals surface area contributed by atoms with Gasteiger partial charge in [0.05, 0.1) is 19.2 Å². The van der Waals surface area contributed by atoms with E-state index in [0.717, 1.165) is 61.9 Å². The SMILES string of the molecule is COCCN(CCCCc1ccc2c(n1)CCCC2)CC[C@H](Nc1ccnc2ccccc12)C(=O)OC. The van der Waals surface area contributed by atoms with Crippen molar-refractivity contribution in [3.63, 3.8) is 0 Å². The number of carbonyl (C=O) groups is 1. The highest BCUT2D eigenvalue weighted by Gasteiger charge is 2.21. The second-order valence-electron chi connectivity index (χ2n) is 9.79. The number of aromatic nitrogens is 2. The molecule has 2 heterocycles. The third-order valence-electron chi connectivity index (χ3n) is 7.20. The predicted molar refractivity (Wildman–Crippen MR) is 148 cm³/mol. The number of pyridine rings is 2. The molecule has 0 aliphatic heterocycles. The van der Waals surface area contributed by atoms with Gasteiger partial charge in [0.25, 0.3) is 0 Å². The fourth-order valence-electron chi connectivity index (χ4n) is 5.08. The summed E-state index contributed by atoms with van der Waals surface area (Å²) in [5, 5.41) is 4.41. The first-order valence-corrected chi connectivity index (χ1v) is 13.5. The van der Waals surface area contributed by atoms with E-state index in [2.05, 4.69) is 27.3 Å². The number of esters is 1. The second kappa shape index (κ2) is 14.1. The van der Waals surface area contributed by atoms with E-state index in [4.69, 9.17) is 14.5 Å². The Hall–Kier alpha value is -3.03. The molecule has 0 spiro atoms. The Kier molecular flexibility index (Phi) is 10.3. The number of nitrogens with one attached hydrogen (secondary N) is 1. The van der Waals surface area contributed by atoms with Crippen LogP contribution in [-0.2, 0) is 33.5 Å². The van der Waals surface area contributed by atoms with Crippen molar-refractivity contribution in [2.75, 3.05) is 45.8 Å². The van der Waals surface area contributed by atoms with Gasteiger partial charge in [-0.15, -0.1) is 0 Å². The van der Waals surface area contributed by atoms with Crippen molar-refractivity contribution in [1.29, 1.82) is 0 Å². The van der Waals surface area contributed by atoms with Gasteiger partial charge in [-0.25, -0.2) is 4.79 Å². The van der Waals surface area contributed by atoms with Crippen LogP contribution in [0.5, 0.6) is 0 Å². The topological polar surface area (TPSA) is 76.6 Å². The first kappa shape index (κ1) is 27.0. The standard InChI is InChI=1S/C30H40N4O3/c1-36-22-21-34(19-8-7-10-24-15-14-23-9-3-5-12-26(23)32-24)20-17-29(30(35)37-2)33-28-16-18-31-27-13-6-4-11-25(27)28/h4,6,11,13-16,18,29H,3,5,7-10,12,17,19-22H2,1-2H3,(H,31,33)/t29-/m0/s1. The molecule has 0 fully saturated rings. The molecule has 0 saturated heterocycles. The molecule has 4 rings (SSSR count). The van der Waals surface area contributed by atoms with Crippen LogP contribution in [0, 0.1) is 0 Å². The summed E-state index contributed by atoms with van der Waals surface area (Å²) in [6.45, 7) is 3.23. The molecule has 0 bridgehead atoms. The summed E-state index contributed by atoms with van der Waals surface area (Å²) in [4.78, 5) is 24.4.